The molecule has 5 nitrogen and oxygen atoms in total. The van der Waals surface area contributed by atoms with Gasteiger partial charge in [0.1, 0.15) is 10.9 Å². The second-order valence-electron chi connectivity index (χ2n) is 5.89. The highest BCUT2D eigenvalue weighted by Gasteiger charge is 2.27. The number of carbonyl (C=O) groups excluding carboxylic acids is 1. The second kappa shape index (κ2) is 7.27. The van der Waals surface area contributed by atoms with Gasteiger partial charge in [-0.2, -0.15) is 0 Å². The Morgan fingerprint density at radius 3 is 2.91 bits per heavy atom. The van der Waals surface area contributed by atoms with Crippen molar-refractivity contribution in [1.29, 1.82) is 0 Å². The maximum Gasteiger partial charge on any atom is 0.230 e. The van der Waals surface area contributed by atoms with Crippen molar-refractivity contribution in [2.75, 3.05) is 19.5 Å². The van der Waals surface area contributed by atoms with E-state index in [2.05, 4.69) is 10.3 Å². The highest BCUT2D eigenvalue weighted by atomic mass is 32.2. The van der Waals surface area contributed by atoms with Crippen molar-refractivity contribution in [1.82, 2.24) is 15.3 Å². The van der Waals surface area contributed by atoms with Gasteiger partial charge in [0.25, 0.3) is 0 Å². The van der Waals surface area contributed by atoms with Crippen molar-refractivity contribution in [3.63, 3.8) is 0 Å². The Hall–Kier alpha value is -1.66. The smallest absolute Gasteiger partial charge is 0.230 e. The number of fused-ring (bicyclic) bond motifs is 1. The first-order valence-corrected chi connectivity index (χ1v) is 8.83. The number of ether oxygens (including phenoxy) is 1. The summed E-state index contributed by atoms with van der Waals surface area (Å²) in [7, 11) is 1.63. The number of nitrogens with one attached hydrogen (secondary N) is 1. The number of thioether (sulfide) groups is 1. The van der Waals surface area contributed by atoms with E-state index in [1.165, 1.54) is 11.8 Å². The van der Waals surface area contributed by atoms with E-state index in [1.807, 2.05) is 31.2 Å². The molecule has 1 aromatic heterocycles. The molecule has 1 aliphatic carbocycles. The minimum atomic E-state index is -0.00443. The van der Waals surface area contributed by atoms with Crippen molar-refractivity contribution < 1.29 is 9.53 Å². The molecule has 3 rings (SSSR count). The topological polar surface area (TPSA) is 64.1 Å². The monoisotopic (exact) mass is 331 g/mol. The number of methoxy groups -OCH3 is 1. The lowest BCUT2D eigenvalue weighted by molar-refractivity contribution is -0.119. The molecule has 1 heterocycles. The Morgan fingerprint density at radius 1 is 1.39 bits per heavy atom. The molecular formula is C17H21N3O2S. The summed E-state index contributed by atoms with van der Waals surface area (Å²) in [6.45, 7) is 2.44. The van der Waals surface area contributed by atoms with Crippen LogP contribution in [-0.4, -0.2) is 41.4 Å². The minimum Gasteiger partial charge on any atom is -0.383 e. The van der Waals surface area contributed by atoms with Crippen molar-refractivity contribution in [3.8, 4) is 0 Å². The maximum absolute atomic E-state index is 12.0. The third kappa shape index (κ3) is 4.20. The molecule has 0 spiro atoms. The first-order valence-electron chi connectivity index (χ1n) is 7.85. The highest BCUT2D eigenvalue weighted by molar-refractivity contribution is 8.00. The summed E-state index contributed by atoms with van der Waals surface area (Å²) < 4.78 is 5.03. The number of hydrogen-bond donors (Lipinski definition) is 1. The van der Waals surface area contributed by atoms with E-state index in [-0.39, 0.29) is 11.9 Å². The average Bonchev–Trinajstić information content (AvgIpc) is 3.37. The quantitative estimate of drug-likeness (QED) is 0.624. The number of aromatic nitrogens is 2. The summed E-state index contributed by atoms with van der Waals surface area (Å²) in [5.74, 6) is 1.75. The van der Waals surface area contributed by atoms with E-state index in [4.69, 9.17) is 9.72 Å². The van der Waals surface area contributed by atoms with Crippen LogP contribution in [0.4, 0.5) is 0 Å². The SMILES string of the molecule is COC[C@@H](C)NC(=O)CSc1nc(C2CC2)nc2ccccc12. The van der Waals surface area contributed by atoms with Gasteiger partial charge in [-0.3, -0.25) is 4.79 Å². The summed E-state index contributed by atoms with van der Waals surface area (Å²) in [5.41, 5.74) is 0.958. The van der Waals surface area contributed by atoms with E-state index >= 15 is 0 Å². The molecule has 1 N–H and O–H groups in total. The van der Waals surface area contributed by atoms with Gasteiger partial charge in [0.15, 0.2) is 0 Å². The molecule has 1 amide bonds. The summed E-state index contributed by atoms with van der Waals surface area (Å²) in [5, 5.41) is 4.83. The van der Waals surface area contributed by atoms with E-state index in [0.29, 0.717) is 18.3 Å². The van der Waals surface area contributed by atoms with Crippen LogP contribution in [0.3, 0.4) is 0 Å². The van der Waals surface area contributed by atoms with E-state index in [9.17, 15) is 4.79 Å². The van der Waals surface area contributed by atoms with Crippen LogP contribution in [0.15, 0.2) is 29.3 Å². The maximum atomic E-state index is 12.0. The first-order chi connectivity index (χ1) is 11.2. The Morgan fingerprint density at radius 2 is 2.17 bits per heavy atom. The van der Waals surface area contributed by atoms with Gasteiger partial charge in [0.05, 0.1) is 17.9 Å². The van der Waals surface area contributed by atoms with Crippen LogP contribution in [0.5, 0.6) is 0 Å². The molecule has 1 aliphatic rings. The first kappa shape index (κ1) is 16.2. The van der Waals surface area contributed by atoms with Crippen LogP contribution >= 0.6 is 11.8 Å². The van der Waals surface area contributed by atoms with Crippen LogP contribution < -0.4 is 5.32 Å². The van der Waals surface area contributed by atoms with Gasteiger partial charge in [-0.15, -0.1) is 0 Å². The van der Waals surface area contributed by atoms with Crippen molar-refractivity contribution in [3.05, 3.63) is 30.1 Å². The minimum absolute atomic E-state index is 0.00443. The summed E-state index contributed by atoms with van der Waals surface area (Å²) in [4.78, 5) is 21.4. The van der Waals surface area contributed by atoms with Gasteiger partial charge in [0.2, 0.25) is 5.91 Å². The molecule has 0 bridgehead atoms. The fraction of sp³-hybridized carbons (Fsp3) is 0.471. The van der Waals surface area contributed by atoms with Gasteiger partial charge >= 0.3 is 0 Å². The summed E-state index contributed by atoms with van der Waals surface area (Å²) >= 11 is 1.47. The van der Waals surface area contributed by atoms with Crippen molar-refractivity contribution in [2.24, 2.45) is 0 Å². The van der Waals surface area contributed by atoms with Crippen LogP contribution in [-0.2, 0) is 9.53 Å². The lowest BCUT2D eigenvalue weighted by Crippen LogP contribution is -2.36. The molecule has 0 unspecified atom stereocenters. The van der Waals surface area contributed by atoms with Gasteiger partial charge in [-0.1, -0.05) is 30.0 Å². The van der Waals surface area contributed by atoms with E-state index in [1.54, 1.807) is 7.11 Å². The molecular weight excluding hydrogens is 310 g/mol. The zero-order chi connectivity index (χ0) is 16.2. The number of carbonyl (C=O) groups is 1. The van der Waals surface area contributed by atoms with Gasteiger partial charge in [0, 0.05) is 24.5 Å². The number of rotatable bonds is 7. The summed E-state index contributed by atoms with van der Waals surface area (Å²) in [6.07, 6.45) is 2.33. The number of amides is 1. The lowest BCUT2D eigenvalue weighted by atomic mass is 10.2. The number of hydrogen-bond acceptors (Lipinski definition) is 5. The Kier molecular flexibility index (Phi) is 5.13. The summed E-state index contributed by atoms with van der Waals surface area (Å²) in [6, 6.07) is 8.00. The van der Waals surface area contributed by atoms with Crippen molar-refractivity contribution in [2.45, 2.75) is 36.8 Å². The molecule has 0 saturated heterocycles. The molecule has 23 heavy (non-hydrogen) atoms. The third-order valence-corrected chi connectivity index (χ3v) is 4.68. The molecule has 1 aromatic carbocycles. The normalized spacial score (nSPS) is 15.6. The Labute approximate surface area is 140 Å². The molecule has 1 saturated carbocycles. The highest BCUT2D eigenvalue weighted by Crippen LogP contribution is 2.39. The fourth-order valence-corrected chi connectivity index (χ4v) is 3.28. The van der Waals surface area contributed by atoms with Crippen LogP contribution in [0.2, 0.25) is 0 Å². The molecule has 0 aliphatic heterocycles. The molecule has 1 fully saturated rings. The van der Waals surface area contributed by atoms with Gasteiger partial charge in [-0.05, 0) is 25.8 Å². The molecule has 0 radical (unpaired) electrons. The van der Waals surface area contributed by atoms with E-state index in [0.717, 1.165) is 34.6 Å². The standard InChI is InChI=1S/C17H21N3O2S/c1-11(9-22-2)18-15(21)10-23-17-13-5-3-4-6-14(13)19-16(20-17)12-7-8-12/h3-6,11-12H,7-10H2,1-2H3,(H,18,21)/t11-/m1/s1. The average molecular weight is 331 g/mol. The van der Waals surface area contributed by atoms with Crippen molar-refractivity contribution >= 4 is 28.6 Å². The molecule has 2 aromatic rings. The fourth-order valence-electron chi connectivity index (χ4n) is 2.44. The predicted octanol–water partition coefficient (Wildman–Crippen LogP) is 2.75. The largest absolute Gasteiger partial charge is 0.383 e. The Bertz CT molecular complexity index is 703. The lowest BCUT2D eigenvalue weighted by Gasteiger charge is -2.13. The third-order valence-electron chi connectivity index (χ3n) is 3.69. The van der Waals surface area contributed by atoms with Crippen LogP contribution in [0, 0.1) is 0 Å². The zero-order valence-electron chi connectivity index (χ0n) is 13.4. The van der Waals surface area contributed by atoms with Gasteiger partial charge in [-0.25, -0.2) is 9.97 Å². The number of para-hydroxylation sites is 1. The van der Waals surface area contributed by atoms with E-state index < -0.39 is 0 Å². The number of benzene rings is 1. The zero-order valence-corrected chi connectivity index (χ0v) is 14.2. The second-order valence-corrected chi connectivity index (χ2v) is 6.86. The number of nitrogens with zero attached hydrogens (tertiary/aromatic N) is 2. The Balaban J connectivity index is 1.72. The molecule has 122 valence electrons. The molecule has 1 atom stereocenters. The van der Waals surface area contributed by atoms with Crippen LogP contribution in [0.25, 0.3) is 10.9 Å². The van der Waals surface area contributed by atoms with Crippen LogP contribution in [0.1, 0.15) is 31.5 Å². The molecule has 6 heteroatoms. The predicted molar refractivity (Wildman–Crippen MR) is 91.7 cm³/mol. The van der Waals surface area contributed by atoms with Gasteiger partial charge < -0.3 is 10.1 Å².